The average molecular weight is 1310 g/mol. The van der Waals surface area contributed by atoms with Crippen LogP contribution in [-0.4, -0.2) is 28.7 Å². The Balaban J connectivity index is 0.00000817. The van der Waals surface area contributed by atoms with Crippen LogP contribution < -0.4 is 25.2 Å². The summed E-state index contributed by atoms with van der Waals surface area (Å²) >= 11 is 0. The molecule has 3 aliphatic rings. The van der Waals surface area contributed by atoms with Gasteiger partial charge in [0.05, 0.1) is 11.0 Å². The maximum absolute atomic E-state index is 8.88. The molecule has 12 rings (SSSR count). The van der Waals surface area contributed by atoms with Crippen LogP contribution in [0.15, 0.2) is 207 Å². The topological polar surface area (TPSA) is 62.5 Å². The first-order chi connectivity index (χ1) is 42.2. The van der Waals surface area contributed by atoms with Crippen molar-refractivity contribution in [1.82, 2.24) is 24.8 Å². The van der Waals surface area contributed by atoms with Gasteiger partial charge in [0, 0.05) is 91.0 Å². The Hall–Kier alpha value is -8.45. The number of rotatable bonds is 10. The second kappa shape index (κ2) is 24.5. The first-order valence-electron chi connectivity index (χ1n) is 30.9. The van der Waals surface area contributed by atoms with Crippen molar-refractivity contribution < 1.29 is 29.9 Å². The number of nitrogens with one attached hydrogen (secondary N) is 2. The summed E-state index contributed by atoms with van der Waals surface area (Å²) in [5, 5.41) is 8.40. The van der Waals surface area contributed by atoms with E-state index in [1.54, 1.807) is 0 Å². The van der Waals surface area contributed by atoms with Crippen LogP contribution in [0.4, 0.5) is 22.7 Å². The smallest absolute Gasteiger partial charge is 0.213 e. The van der Waals surface area contributed by atoms with Gasteiger partial charge < -0.3 is 34.3 Å². The molecule has 0 atom stereocenters. The maximum atomic E-state index is 8.88. The van der Waals surface area contributed by atoms with Crippen molar-refractivity contribution in [2.75, 3.05) is 9.80 Å². The van der Waals surface area contributed by atoms with Crippen LogP contribution in [0.2, 0.25) is 0 Å². The van der Waals surface area contributed by atoms with Crippen LogP contribution in [0.25, 0.3) is 60.9 Å². The van der Waals surface area contributed by atoms with E-state index in [1.165, 1.54) is 21.3 Å². The van der Waals surface area contributed by atoms with E-state index in [4.69, 9.17) is 13.8 Å². The zero-order valence-corrected chi connectivity index (χ0v) is 52.7. The van der Waals surface area contributed by atoms with E-state index in [9.17, 15) is 0 Å². The van der Waals surface area contributed by atoms with Gasteiger partial charge in [-0.25, -0.2) is 4.98 Å². The van der Waals surface area contributed by atoms with Gasteiger partial charge in [0.25, 0.3) is 0 Å². The fourth-order valence-electron chi connectivity index (χ4n) is 11.6. The third kappa shape index (κ3) is 11.7. The Morgan fingerprint density at radius 1 is 0.593 bits per heavy atom. The number of hydrogen-bond donors (Lipinski definition) is 2. The van der Waals surface area contributed by atoms with Gasteiger partial charge in [0.2, 0.25) is 5.95 Å². The Labute approximate surface area is 528 Å². The van der Waals surface area contributed by atoms with Gasteiger partial charge in [-0.15, -0.1) is 65.6 Å². The molecule has 9 aromatic rings. The Bertz CT molecular complexity index is 4350. The standard InChI is InChI=1S/C75H72B2N7O.Pt/c1-49(2)57-23-20-24-58(50(3)4)71(57)51-41-54(46-56(42-51)85-55-32-33-59-60-43-52(74(5,6)7)31-34-66(60)84(70(59)47-55)73-80-65-27-12-13-28-67(65)81(73)11)82-48-83(69-30-15-14-29-68(69)82)72-61(63-25-21-39-78-37-18-16-35-76-63)44-53(75(8,9)10)45-62(72)64-26-22-40-79-38-19-17-36-77-64;/h12-45,48-50,78-79H,1-11H3;/q-3;/b35-16-,36-17-,37-18-,38-19-,39-21-,40-22-,63-25-,64-26-;/i11D3;. The van der Waals surface area contributed by atoms with E-state index in [0.29, 0.717) is 28.0 Å². The van der Waals surface area contributed by atoms with Crippen LogP contribution in [0.3, 0.4) is 0 Å². The van der Waals surface area contributed by atoms with E-state index >= 15 is 0 Å². The number of allylic oxidation sites excluding steroid dienone is 8. The summed E-state index contributed by atoms with van der Waals surface area (Å²) in [6.07, 6.45) is 24.3. The van der Waals surface area contributed by atoms with Crippen molar-refractivity contribution in [3.63, 3.8) is 0 Å². The van der Waals surface area contributed by atoms with Gasteiger partial charge in [0.1, 0.15) is 0 Å². The molecular weight excluding hydrogens is 1230 g/mol. The largest absolute Gasteiger partial charge is 0.509 e. The molecular formula is C75H72B2N7OPt-3. The van der Waals surface area contributed by atoms with Crippen molar-refractivity contribution >= 4 is 81.1 Å². The van der Waals surface area contributed by atoms with Gasteiger partial charge in [-0.3, -0.25) is 0 Å². The van der Waals surface area contributed by atoms with E-state index < -0.39 is 6.98 Å². The number of anilines is 4. The van der Waals surface area contributed by atoms with Gasteiger partial charge in [0.15, 0.2) is 14.6 Å². The number of nitrogens with zero attached hydrogens (tertiary/aromatic N) is 5. The molecule has 11 heteroatoms. The van der Waals surface area contributed by atoms with Crippen molar-refractivity contribution in [3.05, 3.63) is 259 Å². The Morgan fingerprint density at radius 3 is 1.84 bits per heavy atom. The van der Waals surface area contributed by atoms with Gasteiger partial charge in [-0.2, -0.15) is 6.07 Å². The normalized spacial score (nSPS) is 18.6. The summed E-state index contributed by atoms with van der Waals surface area (Å²) in [7, 11) is 4.38. The first kappa shape index (κ1) is 55.4. The minimum atomic E-state index is -2.55. The average Bonchev–Trinajstić information content (AvgIpc) is 1.79. The van der Waals surface area contributed by atoms with Crippen molar-refractivity contribution in [2.24, 2.45) is 6.98 Å². The molecule has 5 heterocycles. The Kier molecular flexibility index (Phi) is 15.8. The number of aryl methyl sites for hydroxylation is 1. The summed E-state index contributed by atoms with van der Waals surface area (Å²) in [6.45, 7) is 22.1. The number of fused-ring (bicyclic) bond motifs is 5. The summed E-state index contributed by atoms with van der Waals surface area (Å²) in [5.41, 5.74) is 17.0. The number of imidazole rings is 1. The summed E-state index contributed by atoms with van der Waals surface area (Å²) in [6, 6.07) is 49.6. The second-order valence-electron chi connectivity index (χ2n) is 24.6. The molecule has 0 unspecified atom stereocenters. The summed E-state index contributed by atoms with van der Waals surface area (Å²) < 4.78 is 37.1. The van der Waals surface area contributed by atoms with Gasteiger partial charge >= 0.3 is 0 Å². The van der Waals surface area contributed by atoms with E-state index in [2.05, 4.69) is 250 Å². The third-order valence-corrected chi connectivity index (χ3v) is 16.0. The molecule has 8 nitrogen and oxygen atoms in total. The quantitative estimate of drug-likeness (QED) is 0.105. The van der Waals surface area contributed by atoms with Gasteiger partial charge in [-0.1, -0.05) is 165 Å². The zero-order chi connectivity index (χ0) is 61.6. The molecule has 0 fully saturated rings. The molecule has 432 valence electrons. The molecule has 0 aliphatic carbocycles. The zero-order valence-electron chi connectivity index (χ0n) is 53.5. The third-order valence-electron chi connectivity index (χ3n) is 16.0. The number of aromatic nitrogens is 3. The van der Waals surface area contributed by atoms with Crippen molar-refractivity contribution in [1.29, 1.82) is 0 Å². The molecule has 7 aromatic carbocycles. The minimum Gasteiger partial charge on any atom is -0.509 e. The molecule has 0 saturated carbocycles. The van der Waals surface area contributed by atoms with E-state index in [-0.39, 0.29) is 49.7 Å². The fourth-order valence-corrected chi connectivity index (χ4v) is 11.6. The number of ether oxygens (including phenoxy) is 1. The molecule has 0 spiro atoms. The molecule has 3 aliphatic heterocycles. The molecule has 0 saturated heterocycles. The number of benzene rings is 7. The molecule has 0 amide bonds. The molecule has 2 N–H and O–H groups in total. The van der Waals surface area contributed by atoms with Gasteiger partial charge in [-0.05, 0) is 134 Å². The number of para-hydroxylation sites is 4. The van der Waals surface area contributed by atoms with E-state index in [0.717, 1.165) is 77.8 Å². The molecule has 0 bridgehead atoms. The predicted octanol–water partition coefficient (Wildman–Crippen LogP) is 18.4. The monoisotopic (exact) mass is 1310 g/mol. The summed E-state index contributed by atoms with van der Waals surface area (Å²) in [5.74, 6) is 5.77. The first-order valence-corrected chi connectivity index (χ1v) is 29.4. The van der Waals surface area contributed by atoms with Crippen LogP contribution in [-0.2, 0) is 38.9 Å². The van der Waals surface area contributed by atoms with Crippen molar-refractivity contribution in [3.8, 4) is 28.6 Å². The van der Waals surface area contributed by atoms with Crippen LogP contribution >= 0.6 is 0 Å². The maximum Gasteiger partial charge on any atom is 0.213 e. The van der Waals surface area contributed by atoms with Crippen LogP contribution in [0, 0.1) is 18.8 Å². The molecule has 2 aromatic heterocycles. The van der Waals surface area contributed by atoms with Crippen LogP contribution in [0.5, 0.6) is 11.5 Å². The molecule has 2 radical (unpaired) electrons. The Morgan fingerprint density at radius 2 is 1.21 bits per heavy atom. The SMILES string of the molecule is [2H]C([2H])([2H])n1c(-n2c3[c-]c(Oc4[c-]c(N5[CH-]N(c6c(/C7=C/C=C\N/C=C\C=C/[B]7)cc(C(C)(C)C)cc6/C6=C/C=C\N/C=C\C=C/[B]6)c6ccccc65)cc(-c5c(C(C)C)cccc5C(C)C)c4)ccc3c3cc(C(C)(C)C)ccc32)nc2ccccc21.[Pt]. The minimum absolute atomic E-state index is 0. The van der Waals surface area contributed by atoms with E-state index in [1.807, 2.05) is 84.0 Å². The second-order valence-corrected chi connectivity index (χ2v) is 24.6. The predicted molar refractivity (Wildman–Crippen MR) is 360 cm³/mol. The number of hydrogen-bond acceptors (Lipinski definition) is 6. The summed E-state index contributed by atoms with van der Waals surface area (Å²) in [4.78, 5) is 9.64. The molecule has 86 heavy (non-hydrogen) atoms. The fraction of sp³-hybridized carbons (Fsp3) is 0.200. The van der Waals surface area contributed by atoms with Crippen molar-refractivity contribution in [2.45, 2.75) is 91.9 Å². The van der Waals surface area contributed by atoms with Crippen LogP contribution in [0.1, 0.15) is 119 Å².